The van der Waals surface area contributed by atoms with E-state index in [1.165, 1.54) is 19.3 Å². The summed E-state index contributed by atoms with van der Waals surface area (Å²) in [6.45, 7) is 11.7. The van der Waals surface area contributed by atoms with Crippen LogP contribution in [0.3, 0.4) is 0 Å². The fraction of sp³-hybridized carbons (Fsp3) is 1.00. The van der Waals surface area contributed by atoms with Crippen molar-refractivity contribution in [3.8, 4) is 0 Å². The molecule has 0 aromatic heterocycles. The zero-order valence-electron chi connectivity index (χ0n) is 9.85. The minimum atomic E-state index is 0.360. The molecule has 0 aromatic rings. The first-order valence-electron chi connectivity index (χ1n) is 5.58. The van der Waals surface area contributed by atoms with Gasteiger partial charge in [0.05, 0.1) is 0 Å². The van der Waals surface area contributed by atoms with Gasteiger partial charge in [0.1, 0.15) is 0 Å². The van der Waals surface area contributed by atoms with Crippen LogP contribution >= 0.6 is 0 Å². The summed E-state index contributed by atoms with van der Waals surface area (Å²) >= 11 is 0. The van der Waals surface area contributed by atoms with Gasteiger partial charge in [0.15, 0.2) is 0 Å². The lowest BCUT2D eigenvalue weighted by atomic mass is 9.50. The van der Waals surface area contributed by atoms with Crippen molar-refractivity contribution in [2.45, 2.75) is 59.9 Å². The molecule has 2 N–H and O–H groups in total. The van der Waals surface area contributed by atoms with Crippen LogP contribution in [0.25, 0.3) is 0 Å². The standard InChI is InChI=1S/C12H25N/c1-6-7-11(2,3)9-8-10(13)12(9,4)5/h9-10H,6-8,13H2,1-5H3. The van der Waals surface area contributed by atoms with Gasteiger partial charge in [0, 0.05) is 6.04 Å². The summed E-state index contributed by atoms with van der Waals surface area (Å²) in [6, 6.07) is 0.425. The highest BCUT2D eigenvalue weighted by Crippen LogP contribution is 2.55. The van der Waals surface area contributed by atoms with E-state index >= 15 is 0 Å². The molecule has 2 atom stereocenters. The summed E-state index contributed by atoms with van der Waals surface area (Å²) in [5, 5.41) is 0. The summed E-state index contributed by atoms with van der Waals surface area (Å²) in [5.74, 6) is 0.815. The molecule has 78 valence electrons. The van der Waals surface area contributed by atoms with Crippen LogP contribution in [0.2, 0.25) is 0 Å². The van der Waals surface area contributed by atoms with E-state index in [9.17, 15) is 0 Å². The molecule has 1 aliphatic carbocycles. The first kappa shape index (κ1) is 11.0. The van der Waals surface area contributed by atoms with Crippen LogP contribution in [0.1, 0.15) is 53.9 Å². The Morgan fingerprint density at radius 3 is 2.23 bits per heavy atom. The molecule has 0 aliphatic heterocycles. The van der Waals surface area contributed by atoms with E-state index < -0.39 is 0 Å². The summed E-state index contributed by atoms with van der Waals surface area (Å²) in [4.78, 5) is 0. The number of rotatable bonds is 3. The summed E-state index contributed by atoms with van der Waals surface area (Å²) in [6.07, 6.45) is 3.84. The Morgan fingerprint density at radius 2 is 1.92 bits per heavy atom. The Bertz CT molecular complexity index is 182. The van der Waals surface area contributed by atoms with Gasteiger partial charge in [-0.05, 0) is 29.6 Å². The molecule has 1 fully saturated rings. The molecule has 0 aromatic carbocycles. The third kappa shape index (κ3) is 1.76. The van der Waals surface area contributed by atoms with Crippen molar-refractivity contribution in [2.75, 3.05) is 0 Å². The molecule has 1 rings (SSSR count). The van der Waals surface area contributed by atoms with Gasteiger partial charge < -0.3 is 5.73 Å². The quantitative estimate of drug-likeness (QED) is 0.714. The number of nitrogens with two attached hydrogens (primary N) is 1. The van der Waals surface area contributed by atoms with Crippen molar-refractivity contribution in [1.29, 1.82) is 0 Å². The SMILES string of the molecule is CCCC(C)(C)C1CC(N)C1(C)C. The largest absolute Gasteiger partial charge is 0.327 e. The topological polar surface area (TPSA) is 26.0 Å². The molecule has 0 heterocycles. The van der Waals surface area contributed by atoms with E-state index in [1.807, 2.05) is 0 Å². The van der Waals surface area contributed by atoms with Gasteiger partial charge in [0.2, 0.25) is 0 Å². The molecule has 1 heteroatoms. The van der Waals surface area contributed by atoms with Crippen molar-refractivity contribution >= 4 is 0 Å². The molecule has 1 saturated carbocycles. The lowest BCUT2D eigenvalue weighted by Crippen LogP contribution is -2.59. The monoisotopic (exact) mass is 183 g/mol. The maximum Gasteiger partial charge on any atom is 0.00961 e. The highest BCUT2D eigenvalue weighted by atomic mass is 14.8. The van der Waals surface area contributed by atoms with Gasteiger partial charge in [-0.1, -0.05) is 41.0 Å². The minimum absolute atomic E-state index is 0.360. The first-order chi connectivity index (χ1) is 5.82. The van der Waals surface area contributed by atoms with E-state index in [0.29, 0.717) is 16.9 Å². The Labute approximate surface area is 83.1 Å². The Morgan fingerprint density at radius 1 is 1.38 bits per heavy atom. The second kappa shape index (κ2) is 3.27. The van der Waals surface area contributed by atoms with Gasteiger partial charge >= 0.3 is 0 Å². The van der Waals surface area contributed by atoms with Crippen molar-refractivity contribution in [3.05, 3.63) is 0 Å². The molecular weight excluding hydrogens is 158 g/mol. The summed E-state index contributed by atoms with van der Waals surface area (Å²) in [5.41, 5.74) is 6.88. The highest BCUT2D eigenvalue weighted by molar-refractivity contribution is 5.04. The van der Waals surface area contributed by atoms with Crippen LogP contribution < -0.4 is 5.73 Å². The molecule has 0 bridgehead atoms. The Hall–Kier alpha value is -0.0400. The van der Waals surface area contributed by atoms with Crippen molar-refractivity contribution in [2.24, 2.45) is 22.5 Å². The van der Waals surface area contributed by atoms with Gasteiger partial charge in [0.25, 0.3) is 0 Å². The van der Waals surface area contributed by atoms with Crippen molar-refractivity contribution in [1.82, 2.24) is 0 Å². The molecule has 2 unspecified atom stereocenters. The average molecular weight is 183 g/mol. The molecule has 1 nitrogen and oxygen atoms in total. The van der Waals surface area contributed by atoms with Crippen LogP contribution in [0.5, 0.6) is 0 Å². The summed E-state index contributed by atoms with van der Waals surface area (Å²) < 4.78 is 0. The number of hydrogen-bond donors (Lipinski definition) is 1. The predicted octanol–water partition coefficient (Wildman–Crippen LogP) is 3.19. The third-order valence-electron chi connectivity index (χ3n) is 4.18. The van der Waals surface area contributed by atoms with Crippen molar-refractivity contribution < 1.29 is 0 Å². The Balaban J connectivity index is 2.64. The second-order valence-corrected chi connectivity index (χ2v) is 5.95. The smallest absolute Gasteiger partial charge is 0.00961 e. The second-order valence-electron chi connectivity index (χ2n) is 5.95. The maximum atomic E-state index is 6.04. The zero-order chi connectivity index (χ0) is 10.3. The fourth-order valence-electron chi connectivity index (χ4n) is 3.10. The highest BCUT2D eigenvalue weighted by Gasteiger charge is 2.51. The van der Waals surface area contributed by atoms with Crippen LogP contribution in [-0.4, -0.2) is 6.04 Å². The molecule has 0 radical (unpaired) electrons. The first-order valence-corrected chi connectivity index (χ1v) is 5.58. The molecule has 0 spiro atoms. The molecule has 1 aliphatic rings. The molecule has 0 saturated heterocycles. The lowest BCUT2D eigenvalue weighted by molar-refractivity contribution is -0.0524. The average Bonchev–Trinajstić information content (AvgIpc) is 1.99. The lowest BCUT2D eigenvalue weighted by Gasteiger charge is -2.57. The minimum Gasteiger partial charge on any atom is -0.327 e. The van der Waals surface area contributed by atoms with Crippen LogP contribution in [0.15, 0.2) is 0 Å². The third-order valence-corrected chi connectivity index (χ3v) is 4.18. The number of hydrogen-bond acceptors (Lipinski definition) is 1. The van der Waals surface area contributed by atoms with Crippen molar-refractivity contribution in [3.63, 3.8) is 0 Å². The molecular formula is C12H25N. The van der Waals surface area contributed by atoms with Gasteiger partial charge in [-0.15, -0.1) is 0 Å². The zero-order valence-corrected chi connectivity index (χ0v) is 9.85. The fourth-order valence-corrected chi connectivity index (χ4v) is 3.10. The van der Waals surface area contributed by atoms with Crippen LogP contribution in [0, 0.1) is 16.7 Å². The normalized spacial score (nSPS) is 32.8. The van der Waals surface area contributed by atoms with E-state index in [2.05, 4.69) is 34.6 Å². The van der Waals surface area contributed by atoms with E-state index in [4.69, 9.17) is 5.73 Å². The van der Waals surface area contributed by atoms with Gasteiger partial charge in [-0.2, -0.15) is 0 Å². The molecule has 13 heavy (non-hydrogen) atoms. The van der Waals surface area contributed by atoms with E-state index in [0.717, 1.165) is 5.92 Å². The molecule has 0 amide bonds. The van der Waals surface area contributed by atoms with Crippen LogP contribution in [0.4, 0.5) is 0 Å². The summed E-state index contributed by atoms with van der Waals surface area (Å²) in [7, 11) is 0. The van der Waals surface area contributed by atoms with Crippen LogP contribution in [-0.2, 0) is 0 Å². The Kier molecular flexibility index (Phi) is 2.78. The predicted molar refractivity (Wildman–Crippen MR) is 58.6 cm³/mol. The maximum absolute atomic E-state index is 6.04. The van der Waals surface area contributed by atoms with Gasteiger partial charge in [-0.3, -0.25) is 0 Å². The van der Waals surface area contributed by atoms with Gasteiger partial charge in [-0.25, -0.2) is 0 Å². The van der Waals surface area contributed by atoms with E-state index in [-0.39, 0.29) is 0 Å². The van der Waals surface area contributed by atoms with E-state index in [1.54, 1.807) is 0 Å².